The highest BCUT2D eigenvalue weighted by Gasteiger charge is 2.50. The van der Waals surface area contributed by atoms with Gasteiger partial charge >= 0.3 is 0 Å². The monoisotopic (exact) mass is 468 g/mol. The first kappa shape index (κ1) is 27.0. The van der Waals surface area contributed by atoms with Crippen LogP contribution in [0, 0.1) is 35.0 Å². The van der Waals surface area contributed by atoms with E-state index in [2.05, 4.69) is 44.4 Å². The first-order valence-electron chi connectivity index (χ1n) is 12.9. The normalized spacial score (nSPS) is 35.1. The molecule has 0 spiro atoms. The summed E-state index contributed by atoms with van der Waals surface area (Å²) >= 11 is 0. The van der Waals surface area contributed by atoms with Crippen molar-refractivity contribution in [3.8, 4) is 11.8 Å². The van der Waals surface area contributed by atoms with E-state index < -0.39 is 17.8 Å². The highest BCUT2D eigenvalue weighted by atomic mass is 16.3. The molecule has 3 rings (SSSR count). The summed E-state index contributed by atoms with van der Waals surface area (Å²) in [7, 11) is 0. The van der Waals surface area contributed by atoms with Crippen LogP contribution in [0.5, 0.6) is 0 Å². The lowest BCUT2D eigenvalue weighted by Crippen LogP contribution is -2.36. The van der Waals surface area contributed by atoms with Gasteiger partial charge in [-0.15, -0.1) is 0 Å². The highest BCUT2D eigenvalue weighted by Crippen LogP contribution is 2.59. The molecule has 4 nitrogen and oxygen atoms in total. The van der Waals surface area contributed by atoms with Crippen molar-refractivity contribution < 1.29 is 20.4 Å². The van der Waals surface area contributed by atoms with Crippen molar-refractivity contribution >= 4 is 0 Å². The molecule has 6 atom stereocenters. The molecule has 0 aromatic heterocycles. The molecule has 0 saturated heterocycles. The quantitative estimate of drug-likeness (QED) is 0.420. The SMILES string of the molecule is C=C1/C(=C/C=C2\C=C(C#CCO)C[C@]3(C)[C@@H]([C@H](C)CCCC(C)(C)O)CC[C@@H]23)C[C@@H](O)C[C@@H]1O. The Morgan fingerprint density at radius 2 is 2.00 bits per heavy atom. The Morgan fingerprint density at radius 3 is 2.68 bits per heavy atom. The van der Waals surface area contributed by atoms with Gasteiger partial charge in [0.1, 0.15) is 6.61 Å². The zero-order valence-corrected chi connectivity index (χ0v) is 21.5. The van der Waals surface area contributed by atoms with Gasteiger partial charge in [0.05, 0.1) is 17.8 Å². The third-order valence-electron chi connectivity index (χ3n) is 8.43. The van der Waals surface area contributed by atoms with E-state index in [-0.39, 0.29) is 12.0 Å². The molecular formula is C30H44O4. The van der Waals surface area contributed by atoms with Crippen LogP contribution < -0.4 is 0 Å². The third kappa shape index (κ3) is 6.32. The van der Waals surface area contributed by atoms with Gasteiger partial charge in [-0.1, -0.05) is 57.3 Å². The molecule has 0 bridgehead atoms. The fourth-order valence-electron chi connectivity index (χ4n) is 6.67. The number of hydrogen-bond donors (Lipinski definition) is 4. The number of hydrogen-bond acceptors (Lipinski definition) is 4. The summed E-state index contributed by atoms with van der Waals surface area (Å²) in [5, 5.41) is 39.7. The van der Waals surface area contributed by atoms with Crippen LogP contribution in [0.1, 0.15) is 79.1 Å². The zero-order chi connectivity index (χ0) is 25.1. The smallest absolute Gasteiger partial charge is 0.104 e. The molecule has 188 valence electrons. The Kier molecular flexibility index (Phi) is 8.69. The van der Waals surface area contributed by atoms with E-state index in [9.17, 15) is 20.4 Å². The van der Waals surface area contributed by atoms with E-state index in [4.69, 9.17) is 0 Å². The van der Waals surface area contributed by atoms with Gasteiger partial charge in [-0.3, -0.25) is 0 Å². The first-order chi connectivity index (χ1) is 15.9. The van der Waals surface area contributed by atoms with Gasteiger partial charge in [0.25, 0.3) is 0 Å². The van der Waals surface area contributed by atoms with Crippen LogP contribution in [-0.2, 0) is 0 Å². The zero-order valence-electron chi connectivity index (χ0n) is 21.5. The van der Waals surface area contributed by atoms with Gasteiger partial charge in [-0.25, -0.2) is 0 Å². The highest BCUT2D eigenvalue weighted by molar-refractivity contribution is 5.46. The van der Waals surface area contributed by atoms with Crippen LogP contribution in [0.3, 0.4) is 0 Å². The van der Waals surface area contributed by atoms with Gasteiger partial charge < -0.3 is 20.4 Å². The molecule has 0 aromatic carbocycles. The van der Waals surface area contributed by atoms with Crippen molar-refractivity contribution in [1.82, 2.24) is 0 Å². The number of fused-ring (bicyclic) bond motifs is 1. The molecule has 2 saturated carbocycles. The number of rotatable bonds is 6. The van der Waals surface area contributed by atoms with Gasteiger partial charge in [-0.2, -0.15) is 0 Å². The molecule has 0 aliphatic heterocycles. The number of aliphatic hydroxyl groups excluding tert-OH is 3. The molecule has 34 heavy (non-hydrogen) atoms. The second kappa shape index (κ2) is 11.0. The van der Waals surface area contributed by atoms with Crippen LogP contribution in [0.25, 0.3) is 0 Å². The molecule has 0 unspecified atom stereocenters. The van der Waals surface area contributed by atoms with Crippen molar-refractivity contribution in [2.45, 2.75) is 96.9 Å². The Bertz CT molecular complexity index is 906. The number of allylic oxidation sites excluding steroid dienone is 5. The second-order valence-corrected chi connectivity index (χ2v) is 11.7. The van der Waals surface area contributed by atoms with Crippen LogP contribution in [0.2, 0.25) is 0 Å². The van der Waals surface area contributed by atoms with E-state index >= 15 is 0 Å². The molecular weight excluding hydrogens is 424 g/mol. The average molecular weight is 469 g/mol. The standard InChI is InChI=1S/C30H44O4/c1-20(8-6-14-29(3,4)34)26-12-13-27-24(16-22(9-7-15-31)19-30(26,27)5)11-10-23-17-25(32)18-28(33)21(23)2/h10-11,16,20,25-28,31-34H,2,6,8,12-15,17-19H2,1,3-5H3/b23-10+,24-11+/t20-,25-,26-,27+,28+,30-/m1/s1. The molecule has 3 aliphatic rings. The van der Waals surface area contributed by atoms with E-state index in [1.807, 2.05) is 19.9 Å². The van der Waals surface area contributed by atoms with Crippen molar-refractivity contribution in [1.29, 1.82) is 0 Å². The maximum absolute atomic E-state index is 10.2. The van der Waals surface area contributed by atoms with Crippen molar-refractivity contribution in [3.05, 3.63) is 47.1 Å². The largest absolute Gasteiger partial charge is 0.393 e. The summed E-state index contributed by atoms with van der Waals surface area (Å²) in [5.74, 6) is 7.59. The van der Waals surface area contributed by atoms with Crippen molar-refractivity contribution in [2.75, 3.05) is 6.61 Å². The minimum atomic E-state index is -0.688. The summed E-state index contributed by atoms with van der Waals surface area (Å²) in [6, 6.07) is 0. The Labute approximate surface area is 206 Å². The molecule has 4 heteroatoms. The van der Waals surface area contributed by atoms with Crippen LogP contribution in [0.4, 0.5) is 0 Å². The van der Waals surface area contributed by atoms with Gasteiger partial charge in [-0.05, 0) is 91.9 Å². The lowest BCUT2D eigenvalue weighted by Gasteiger charge is -2.43. The molecule has 0 aromatic rings. The Morgan fingerprint density at radius 1 is 1.26 bits per heavy atom. The molecule has 0 heterocycles. The summed E-state index contributed by atoms with van der Waals surface area (Å²) in [6.45, 7) is 12.4. The average Bonchev–Trinajstić information content (AvgIpc) is 3.09. The lowest BCUT2D eigenvalue weighted by molar-refractivity contribution is 0.0624. The minimum Gasteiger partial charge on any atom is -0.393 e. The van der Waals surface area contributed by atoms with Gasteiger partial charge in [0, 0.05) is 12.0 Å². The molecule has 3 aliphatic carbocycles. The topological polar surface area (TPSA) is 80.9 Å². The fourth-order valence-corrected chi connectivity index (χ4v) is 6.67. The van der Waals surface area contributed by atoms with Gasteiger partial charge in [0.2, 0.25) is 0 Å². The maximum Gasteiger partial charge on any atom is 0.104 e. The third-order valence-corrected chi connectivity index (χ3v) is 8.43. The fraction of sp³-hybridized carbons (Fsp3) is 0.667. The molecule has 4 N–H and O–H groups in total. The van der Waals surface area contributed by atoms with Crippen LogP contribution in [-0.4, -0.2) is 44.8 Å². The van der Waals surface area contributed by atoms with Crippen LogP contribution >= 0.6 is 0 Å². The van der Waals surface area contributed by atoms with Crippen LogP contribution in [0.15, 0.2) is 47.1 Å². The summed E-state index contributed by atoms with van der Waals surface area (Å²) in [5.41, 5.74) is 3.41. The summed E-state index contributed by atoms with van der Waals surface area (Å²) < 4.78 is 0. The van der Waals surface area contributed by atoms with Crippen molar-refractivity contribution in [2.24, 2.45) is 23.2 Å². The van der Waals surface area contributed by atoms with Crippen molar-refractivity contribution in [3.63, 3.8) is 0 Å². The molecule has 0 radical (unpaired) electrons. The van der Waals surface area contributed by atoms with Gasteiger partial charge in [0.15, 0.2) is 0 Å². The Balaban J connectivity index is 1.87. The van der Waals surface area contributed by atoms with E-state index in [1.165, 1.54) is 12.0 Å². The molecule has 2 fully saturated rings. The minimum absolute atomic E-state index is 0.0926. The number of aliphatic hydroxyl groups is 4. The first-order valence-corrected chi connectivity index (χ1v) is 12.9. The Hall–Kier alpha value is -1.64. The second-order valence-electron chi connectivity index (χ2n) is 11.7. The maximum atomic E-state index is 10.2. The van der Waals surface area contributed by atoms with E-state index in [1.54, 1.807) is 0 Å². The molecule has 0 amide bonds. The predicted molar refractivity (Wildman–Crippen MR) is 138 cm³/mol. The summed E-state index contributed by atoms with van der Waals surface area (Å²) in [6.07, 6.45) is 12.2. The summed E-state index contributed by atoms with van der Waals surface area (Å²) in [4.78, 5) is 0. The predicted octanol–water partition coefficient (Wildman–Crippen LogP) is 4.85. The van der Waals surface area contributed by atoms with E-state index in [0.717, 1.165) is 43.3 Å². The lowest BCUT2D eigenvalue weighted by atomic mass is 9.61. The van der Waals surface area contributed by atoms with E-state index in [0.29, 0.717) is 36.2 Å².